The van der Waals surface area contributed by atoms with Gasteiger partial charge >= 0.3 is 0 Å². The molecule has 19 heavy (non-hydrogen) atoms. The summed E-state index contributed by atoms with van der Waals surface area (Å²) >= 11 is 1.74. The molecule has 1 amide bonds. The second-order valence-electron chi connectivity index (χ2n) is 4.43. The van der Waals surface area contributed by atoms with Crippen LogP contribution in [0.3, 0.4) is 0 Å². The highest BCUT2D eigenvalue weighted by molar-refractivity contribution is 7.10. The van der Waals surface area contributed by atoms with Crippen LogP contribution in [0, 0.1) is 0 Å². The van der Waals surface area contributed by atoms with Crippen LogP contribution in [-0.2, 0) is 9.53 Å². The van der Waals surface area contributed by atoms with Gasteiger partial charge in [0.05, 0.1) is 6.54 Å². The van der Waals surface area contributed by atoms with Crippen molar-refractivity contribution in [2.45, 2.75) is 32.2 Å². The Bertz CT molecular complexity index is 341. The molecule has 0 radical (unpaired) electrons. The van der Waals surface area contributed by atoms with Crippen molar-refractivity contribution in [1.29, 1.82) is 0 Å². The monoisotopic (exact) mass is 284 g/mol. The Morgan fingerprint density at radius 2 is 2.37 bits per heavy atom. The van der Waals surface area contributed by atoms with Crippen molar-refractivity contribution < 1.29 is 9.53 Å². The Balaban J connectivity index is 2.26. The molecular formula is C14H24N2O2S. The summed E-state index contributed by atoms with van der Waals surface area (Å²) in [6.45, 7) is 3.88. The average Bonchev–Trinajstić information content (AvgIpc) is 2.93. The Morgan fingerprint density at radius 3 is 3.00 bits per heavy atom. The van der Waals surface area contributed by atoms with Crippen LogP contribution in [0.4, 0.5) is 0 Å². The third-order valence-electron chi connectivity index (χ3n) is 2.82. The maximum absolute atomic E-state index is 11.7. The van der Waals surface area contributed by atoms with Gasteiger partial charge < -0.3 is 15.4 Å². The zero-order chi connectivity index (χ0) is 13.9. The van der Waals surface area contributed by atoms with Crippen LogP contribution in [0.2, 0.25) is 0 Å². The zero-order valence-electron chi connectivity index (χ0n) is 11.8. The van der Waals surface area contributed by atoms with Gasteiger partial charge in [0.1, 0.15) is 0 Å². The topological polar surface area (TPSA) is 50.4 Å². The molecule has 5 heteroatoms. The average molecular weight is 284 g/mol. The van der Waals surface area contributed by atoms with E-state index >= 15 is 0 Å². The van der Waals surface area contributed by atoms with Gasteiger partial charge in [-0.2, -0.15) is 0 Å². The highest BCUT2D eigenvalue weighted by atomic mass is 32.1. The summed E-state index contributed by atoms with van der Waals surface area (Å²) in [4.78, 5) is 13.0. The summed E-state index contributed by atoms with van der Waals surface area (Å²) in [7, 11) is 1.67. The standard InChI is InChI=1S/C14H24N2O2S/c1-3-6-12(13-7-4-10-19-13)16-11-14(17)15-8-5-9-18-2/h4,7,10,12,16H,3,5-6,8-9,11H2,1-2H3,(H,15,17). The van der Waals surface area contributed by atoms with Gasteiger partial charge in [-0.15, -0.1) is 11.3 Å². The minimum absolute atomic E-state index is 0.0498. The lowest BCUT2D eigenvalue weighted by molar-refractivity contribution is -0.120. The van der Waals surface area contributed by atoms with Gasteiger partial charge in [0.2, 0.25) is 5.91 Å². The summed E-state index contributed by atoms with van der Waals surface area (Å²) in [6, 6.07) is 4.46. The fraction of sp³-hybridized carbons (Fsp3) is 0.643. The first-order chi connectivity index (χ1) is 9.27. The predicted molar refractivity (Wildman–Crippen MR) is 79.5 cm³/mol. The van der Waals surface area contributed by atoms with Crippen LogP contribution in [0.1, 0.15) is 37.1 Å². The van der Waals surface area contributed by atoms with Crippen molar-refractivity contribution in [3.8, 4) is 0 Å². The maximum atomic E-state index is 11.7. The summed E-state index contributed by atoms with van der Waals surface area (Å²) in [5, 5.41) is 8.29. The highest BCUT2D eigenvalue weighted by Crippen LogP contribution is 2.22. The van der Waals surface area contributed by atoms with Gasteiger partial charge in [0.25, 0.3) is 0 Å². The minimum atomic E-state index is 0.0498. The number of ether oxygens (including phenoxy) is 1. The normalized spacial score (nSPS) is 12.3. The van der Waals surface area contributed by atoms with Crippen molar-refractivity contribution in [3.63, 3.8) is 0 Å². The number of carbonyl (C=O) groups is 1. The minimum Gasteiger partial charge on any atom is -0.385 e. The van der Waals surface area contributed by atoms with Gasteiger partial charge in [-0.05, 0) is 24.3 Å². The molecule has 1 atom stereocenters. The van der Waals surface area contributed by atoms with Gasteiger partial charge in [0, 0.05) is 31.2 Å². The van der Waals surface area contributed by atoms with E-state index in [0.717, 1.165) is 19.3 Å². The van der Waals surface area contributed by atoms with Crippen molar-refractivity contribution >= 4 is 17.2 Å². The first-order valence-corrected chi connectivity index (χ1v) is 7.68. The van der Waals surface area contributed by atoms with Gasteiger partial charge in [-0.3, -0.25) is 4.79 Å². The molecule has 1 aromatic rings. The molecule has 1 unspecified atom stereocenters. The highest BCUT2D eigenvalue weighted by Gasteiger charge is 2.12. The van der Waals surface area contributed by atoms with E-state index in [1.165, 1.54) is 4.88 Å². The Labute approximate surface area is 119 Å². The van der Waals surface area contributed by atoms with E-state index in [2.05, 4.69) is 35.1 Å². The van der Waals surface area contributed by atoms with Crippen LogP contribution >= 0.6 is 11.3 Å². The molecule has 2 N–H and O–H groups in total. The maximum Gasteiger partial charge on any atom is 0.233 e. The second-order valence-corrected chi connectivity index (χ2v) is 5.41. The second kappa shape index (κ2) is 9.95. The van der Waals surface area contributed by atoms with Gasteiger partial charge in [0.15, 0.2) is 0 Å². The summed E-state index contributed by atoms with van der Waals surface area (Å²) < 4.78 is 4.94. The molecule has 0 aliphatic carbocycles. The predicted octanol–water partition coefficient (Wildman–Crippen LogP) is 2.33. The van der Waals surface area contributed by atoms with Crippen molar-refractivity contribution in [3.05, 3.63) is 22.4 Å². The van der Waals surface area contributed by atoms with E-state index < -0.39 is 0 Å². The van der Waals surface area contributed by atoms with Crippen molar-refractivity contribution in [2.24, 2.45) is 0 Å². The molecule has 0 bridgehead atoms. The molecule has 1 heterocycles. The zero-order valence-corrected chi connectivity index (χ0v) is 12.6. The summed E-state index contributed by atoms with van der Waals surface area (Å²) in [6.07, 6.45) is 3.01. The molecule has 0 aromatic carbocycles. The lowest BCUT2D eigenvalue weighted by Gasteiger charge is -2.16. The number of hydrogen-bond donors (Lipinski definition) is 2. The van der Waals surface area contributed by atoms with E-state index in [0.29, 0.717) is 19.7 Å². The molecule has 108 valence electrons. The van der Waals surface area contributed by atoms with Crippen LogP contribution in [0.15, 0.2) is 17.5 Å². The fourth-order valence-electron chi connectivity index (χ4n) is 1.85. The molecule has 0 aliphatic heterocycles. The quantitative estimate of drug-likeness (QED) is 0.648. The van der Waals surface area contributed by atoms with Gasteiger partial charge in [-0.1, -0.05) is 19.4 Å². The van der Waals surface area contributed by atoms with E-state index in [-0.39, 0.29) is 11.9 Å². The summed E-state index contributed by atoms with van der Waals surface area (Å²) in [5.74, 6) is 0.0498. The number of hydrogen-bond acceptors (Lipinski definition) is 4. The number of carbonyl (C=O) groups excluding carboxylic acids is 1. The third-order valence-corrected chi connectivity index (χ3v) is 3.81. The van der Waals surface area contributed by atoms with Crippen molar-refractivity contribution in [1.82, 2.24) is 10.6 Å². The van der Waals surface area contributed by atoms with E-state index in [1.54, 1.807) is 18.4 Å². The number of methoxy groups -OCH3 is 1. The molecule has 4 nitrogen and oxygen atoms in total. The van der Waals surface area contributed by atoms with Crippen LogP contribution < -0.4 is 10.6 Å². The molecule has 0 saturated heterocycles. The molecular weight excluding hydrogens is 260 g/mol. The molecule has 0 aliphatic rings. The molecule has 0 spiro atoms. The first kappa shape index (κ1) is 16.1. The lowest BCUT2D eigenvalue weighted by Crippen LogP contribution is -2.36. The molecule has 0 saturated carbocycles. The van der Waals surface area contributed by atoms with Crippen LogP contribution in [0.25, 0.3) is 0 Å². The molecule has 1 aromatic heterocycles. The Kier molecular flexibility index (Phi) is 8.45. The number of thiophene rings is 1. The first-order valence-electron chi connectivity index (χ1n) is 6.80. The smallest absolute Gasteiger partial charge is 0.233 e. The largest absolute Gasteiger partial charge is 0.385 e. The number of nitrogens with one attached hydrogen (secondary N) is 2. The third kappa shape index (κ3) is 6.71. The number of rotatable bonds is 10. The SMILES string of the molecule is CCCC(NCC(=O)NCCCOC)c1cccs1. The number of amides is 1. The van der Waals surface area contributed by atoms with Crippen molar-refractivity contribution in [2.75, 3.05) is 26.8 Å². The van der Waals surface area contributed by atoms with E-state index in [9.17, 15) is 4.79 Å². The van der Waals surface area contributed by atoms with E-state index in [1.807, 2.05) is 0 Å². The fourth-order valence-corrected chi connectivity index (χ4v) is 2.68. The molecule has 0 fully saturated rings. The molecule has 1 rings (SSSR count). The van der Waals surface area contributed by atoms with Crippen LogP contribution in [0.5, 0.6) is 0 Å². The Hall–Kier alpha value is -0.910. The Morgan fingerprint density at radius 1 is 1.53 bits per heavy atom. The summed E-state index contributed by atoms with van der Waals surface area (Å²) in [5.41, 5.74) is 0. The van der Waals surface area contributed by atoms with E-state index in [4.69, 9.17) is 4.74 Å². The lowest BCUT2D eigenvalue weighted by atomic mass is 10.1. The van der Waals surface area contributed by atoms with Crippen LogP contribution in [-0.4, -0.2) is 32.7 Å². The van der Waals surface area contributed by atoms with Gasteiger partial charge in [-0.25, -0.2) is 0 Å².